The molecule has 4 rings (SSSR count). The third kappa shape index (κ3) is 5.74. The zero-order valence-corrected chi connectivity index (χ0v) is 20.4. The quantitative estimate of drug-likeness (QED) is 0.579. The van der Waals surface area contributed by atoms with E-state index in [1.165, 1.54) is 0 Å². The van der Waals surface area contributed by atoms with Crippen LogP contribution < -0.4 is 15.0 Å². The van der Waals surface area contributed by atoms with E-state index in [-0.39, 0.29) is 31.0 Å². The molecule has 3 aliphatic rings. The number of anilines is 1. The molecule has 1 aromatic carbocycles. The van der Waals surface area contributed by atoms with Crippen molar-refractivity contribution in [2.75, 3.05) is 19.1 Å². The largest absolute Gasteiger partial charge is 0.495 e. The lowest BCUT2D eigenvalue weighted by Crippen LogP contribution is -2.56. The number of amides is 2. The summed E-state index contributed by atoms with van der Waals surface area (Å²) in [5, 5.41) is 13.8. The van der Waals surface area contributed by atoms with Crippen LogP contribution in [-0.4, -0.2) is 55.3 Å². The molecule has 2 N–H and O–H groups in total. The van der Waals surface area contributed by atoms with E-state index in [9.17, 15) is 14.7 Å². The highest BCUT2D eigenvalue weighted by Crippen LogP contribution is 2.38. The van der Waals surface area contributed by atoms with Crippen LogP contribution in [0.5, 0.6) is 5.75 Å². The molecule has 0 saturated carbocycles. The summed E-state index contributed by atoms with van der Waals surface area (Å²) in [6.45, 7) is 2.00. The fourth-order valence-corrected chi connectivity index (χ4v) is 4.90. The fourth-order valence-electron chi connectivity index (χ4n) is 4.58. The number of hydrogen-bond acceptors (Lipinski definition) is 6. The van der Waals surface area contributed by atoms with Gasteiger partial charge >= 0.3 is 6.09 Å². The first-order chi connectivity index (χ1) is 16.2. The Morgan fingerprint density at radius 1 is 1.29 bits per heavy atom. The lowest BCUT2D eigenvalue weighted by atomic mass is 9.96. The Kier molecular flexibility index (Phi) is 7.21. The van der Waals surface area contributed by atoms with Gasteiger partial charge in [-0.05, 0) is 37.5 Å². The van der Waals surface area contributed by atoms with E-state index < -0.39 is 17.9 Å². The maximum absolute atomic E-state index is 12.9. The Morgan fingerprint density at radius 2 is 2.09 bits per heavy atom. The van der Waals surface area contributed by atoms with Crippen molar-refractivity contribution in [3.63, 3.8) is 0 Å². The number of hydrogen-bond donors (Lipinski definition) is 2. The predicted molar refractivity (Wildman–Crippen MR) is 128 cm³/mol. The van der Waals surface area contributed by atoms with Crippen LogP contribution in [0.1, 0.15) is 44.6 Å². The monoisotopic (exact) mass is 490 g/mol. The van der Waals surface area contributed by atoms with E-state index in [1.807, 2.05) is 37.3 Å². The van der Waals surface area contributed by atoms with Gasteiger partial charge in [-0.15, -0.1) is 0 Å². The van der Waals surface area contributed by atoms with Gasteiger partial charge in [-0.1, -0.05) is 35.4 Å². The molecule has 3 heterocycles. The summed E-state index contributed by atoms with van der Waals surface area (Å²) in [5.74, 6) is 0.435. The lowest BCUT2D eigenvalue weighted by molar-refractivity contribution is -0.118. The van der Waals surface area contributed by atoms with Crippen LogP contribution in [0.4, 0.5) is 10.5 Å². The van der Waals surface area contributed by atoms with E-state index in [0.717, 1.165) is 11.1 Å². The van der Waals surface area contributed by atoms with Crippen molar-refractivity contribution in [3.8, 4) is 5.75 Å². The molecule has 9 heteroatoms. The molecule has 184 valence electrons. The minimum Gasteiger partial charge on any atom is -0.495 e. The third-order valence-corrected chi connectivity index (χ3v) is 6.87. The second-order valence-electron chi connectivity index (χ2n) is 9.28. The van der Waals surface area contributed by atoms with Crippen LogP contribution in [-0.2, 0) is 20.7 Å². The first-order valence-electron chi connectivity index (χ1n) is 11.5. The van der Waals surface area contributed by atoms with Gasteiger partial charge in [0.1, 0.15) is 22.6 Å². The Labute approximate surface area is 204 Å². The number of benzene rings is 1. The minimum absolute atomic E-state index is 0.0777. The van der Waals surface area contributed by atoms with Crippen molar-refractivity contribution in [2.45, 2.75) is 69.5 Å². The van der Waals surface area contributed by atoms with E-state index in [2.05, 4.69) is 5.32 Å². The van der Waals surface area contributed by atoms with Gasteiger partial charge in [0.15, 0.2) is 0 Å². The topological polar surface area (TPSA) is 101 Å². The summed E-state index contributed by atoms with van der Waals surface area (Å²) in [4.78, 5) is 26.5. The second kappa shape index (κ2) is 9.98. The molecule has 2 fully saturated rings. The highest BCUT2D eigenvalue weighted by molar-refractivity contribution is 6.35. The fraction of sp³-hybridized carbons (Fsp3) is 0.520. The molecule has 0 aromatic heterocycles. The normalized spacial score (nSPS) is 32.6. The van der Waals surface area contributed by atoms with E-state index >= 15 is 0 Å². The summed E-state index contributed by atoms with van der Waals surface area (Å²) in [5.41, 5.74) is 1.25. The van der Waals surface area contributed by atoms with Gasteiger partial charge in [-0.25, -0.2) is 4.79 Å². The van der Waals surface area contributed by atoms with Crippen LogP contribution in [0.2, 0.25) is 5.02 Å². The number of ether oxygens (including phenoxy) is 3. The highest BCUT2D eigenvalue weighted by atomic mass is 35.5. The first-order valence-corrected chi connectivity index (χ1v) is 11.9. The highest BCUT2D eigenvalue weighted by Gasteiger charge is 2.45. The third-order valence-electron chi connectivity index (χ3n) is 6.49. The number of allylic oxidation sites excluding steroid dienone is 3. The number of carbonyl (C=O) groups is 2. The summed E-state index contributed by atoms with van der Waals surface area (Å²) in [7, 11) is 3.26. The van der Waals surface area contributed by atoms with Gasteiger partial charge < -0.3 is 24.2 Å². The van der Waals surface area contributed by atoms with Crippen LogP contribution in [0.3, 0.4) is 0 Å². The zero-order valence-electron chi connectivity index (χ0n) is 19.7. The van der Waals surface area contributed by atoms with Crippen LogP contribution in [0.15, 0.2) is 35.9 Å². The van der Waals surface area contributed by atoms with Gasteiger partial charge in [-0.3, -0.25) is 10.1 Å². The number of alkyl carbamates (subject to hydrolysis) is 1. The standard InChI is InChI=1S/C25H31ClN2O6/c1-15-6-4-5-9-25(31)14-17(33-24(30)27-25)13-20-19(34-20)7-8-22(29)28(2)18-11-16(10-15)12-21(32-3)23(18)26/h4-6,11-12,17,19-20,31H,7-10,13-14H2,1-3H3,(H,27,30)/b5-4+,15-6+/t17-,19?,20+,25-/m1/s1. The molecule has 0 spiro atoms. The Hall–Kier alpha value is -2.55. The summed E-state index contributed by atoms with van der Waals surface area (Å²) < 4.78 is 16.5. The molecule has 3 aliphatic heterocycles. The molecular formula is C25H31ClN2O6. The molecule has 8 nitrogen and oxygen atoms in total. The van der Waals surface area contributed by atoms with Crippen molar-refractivity contribution < 1.29 is 28.9 Å². The maximum atomic E-state index is 12.9. The molecule has 34 heavy (non-hydrogen) atoms. The molecular weight excluding hydrogens is 460 g/mol. The van der Waals surface area contributed by atoms with Crippen LogP contribution >= 0.6 is 11.6 Å². The molecule has 0 radical (unpaired) electrons. The van der Waals surface area contributed by atoms with Gasteiger partial charge in [-0.2, -0.15) is 0 Å². The SMILES string of the molecule is COc1cc2cc(c1Cl)N(C)C(=O)CCC1O[C@H]1C[C@@H]1C[C@](O)(C/C=C/C=C(\C)C2)NC(=O)O1. The number of fused-ring (bicyclic) bond motifs is 5. The maximum Gasteiger partial charge on any atom is 0.409 e. The Morgan fingerprint density at radius 3 is 2.85 bits per heavy atom. The number of aliphatic hydroxyl groups is 1. The van der Waals surface area contributed by atoms with E-state index in [1.54, 1.807) is 19.1 Å². The Bertz CT molecular complexity index is 1020. The average molecular weight is 491 g/mol. The second-order valence-corrected chi connectivity index (χ2v) is 9.66. The lowest BCUT2D eigenvalue weighted by Gasteiger charge is -2.36. The van der Waals surface area contributed by atoms with Crippen LogP contribution in [0.25, 0.3) is 0 Å². The van der Waals surface area contributed by atoms with Crippen molar-refractivity contribution in [1.29, 1.82) is 0 Å². The summed E-state index contributed by atoms with van der Waals surface area (Å²) >= 11 is 6.54. The van der Waals surface area contributed by atoms with Gasteiger partial charge in [0.2, 0.25) is 5.91 Å². The molecule has 1 aromatic rings. The zero-order chi connectivity index (χ0) is 24.5. The van der Waals surface area contributed by atoms with Gasteiger partial charge in [0, 0.05) is 32.7 Å². The summed E-state index contributed by atoms with van der Waals surface area (Å²) in [6, 6.07) is 3.78. The number of epoxide rings is 1. The van der Waals surface area contributed by atoms with Gasteiger partial charge in [0.25, 0.3) is 0 Å². The smallest absolute Gasteiger partial charge is 0.409 e. The van der Waals surface area contributed by atoms with Crippen molar-refractivity contribution in [3.05, 3.63) is 46.5 Å². The molecule has 2 amide bonds. The van der Waals surface area contributed by atoms with Crippen molar-refractivity contribution in [1.82, 2.24) is 5.32 Å². The van der Waals surface area contributed by atoms with E-state index in [0.29, 0.717) is 42.1 Å². The molecule has 2 saturated heterocycles. The minimum atomic E-state index is -1.37. The average Bonchev–Trinajstić information content (AvgIpc) is 3.51. The molecule has 1 unspecified atom stereocenters. The Balaban J connectivity index is 1.61. The molecule has 4 atom stereocenters. The number of nitrogens with one attached hydrogen (secondary N) is 1. The van der Waals surface area contributed by atoms with Crippen molar-refractivity contribution in [2.24, 2.45) is 0 Å². The first kappa shape index (κ1) is 24.6. The van der Waals surface area contributed by atoms with Crippen molar-refractivity contribution >= 4 is 29.3 Å². The predicted octanol–water partition coefficient (Wildman–Crippen LogP) is 3.88. The number of halogens is 1. The van der Waals surface area contributed by atoms with E-state index in [4.69, 9.17) is 25.8 Å². The number of nitrogens with zero attached hydrogens (tertiary/aromatic N) is 1. The van der Waals surface area contributed by atoms with Gasteiger partial charge in [0.05, 0.1) is 25.0 Å². The molecule has 4 bridgehead atoms. The molecule has 0 aliphatic carbocycles. The number of methoxy groups -OCH3 is 1. The number of carbonyl (C=O) groups excluding carboxylic acids is 2. The summed E-state index contributed by atoms with van der Waals surface area (Å²) in [6.07, 6.45) is 6.86. The van der Waals surface area contributed by atoms with Crippen LogP contribution in [0, 0.1) is 0 Å². The number of rotatable bonds is 1.